The van der Waals surface area contributed by atoms with E-state index in [9.17, 15) is 0 Å². The topological polar surface area (TPSA) is 48.7 Å². The van der Waals surface area contributed by atoms with Crippen LogP contribution in [0, 0.1) is 18.3 Å². The number of aromatic nitrogens is 1. The molecule has 0 spiro atoms. The standard InChI is InChI=1S/C15H15N3/c1-3-13-6-4-5-11(2)15(13)18-14-9-12(10-16)7-8-17-14/h4-9H,3H2,1-2H3,(H,17,18). The summed E-state index contributed by atoms with van der Waals surface area (Å²) < 4.78 is 0. The molecule has 90 valence electrons. The molecule has 0 fully saturated rings. The van der Waals surface area contributed by atoms with Crippen LogP contribution in [0.5, 0.6) is 0 Å². The molecule has 3 heteroatoms. The lowest BCUT2D eigenvalue weighted by atomic mass is 10.1. The highest BCUT2D eigenvalue weighted by Gasteiger charge is 2.05. The monoisotopic (exact) mass is 237 g/mol. The van der Waals surface area contributed by atoms with Crippen LogP contribution in [0.25, 0.3) is 0 Å². The van der Waals surface area contributed by atoms with Crippen LogP contribution in [0.2, 0.25) is 0 Å². The molecule has 3 nitrogen and oxygen atoms in total. The number of nitrogens with zero attached hydrogens (tertiary/aromatic N) is 2. The molecular weight excluding hydrogens is 222 g/mol. The normalized spacial score (nSPS) is 9.83. The number of hydrogen-bond donors (Lipinski definition) is 1. The zero-order valence-electron chi connectivity index (χ0n) is 10.6. The van der Waals surface area contributed by atoms with Crippen molar-refractivity contribution in [3.63, 3.8) is 0 Å². The van der Waals surface area contributed by atoms with Crippen molar-refractivity contribution in [3.05, 3.63) is 53.2 Å². The molecule has 0 saturated heterocycles. The fourth-order valence-electron chi connectivity index (χ4n) is 1.90. The quantitative estimate of drug-likeness (QED) is 0.887. The van der Waals surface area contributed by atoms with Gasteiger partial charge in [0.05, 0.1) is 11.6 Å². The first-order valence-electron chi connectivity index (χ1n) is 5.96. The number of nitriles is 1. The van der Waals surface area contributed by atoms with Crippen LogP contribution in [0.3, 0.4) is 0 Å². The molecule has 0 saturated carbocycles. The van der Waals surface area contributed by atoms with Crippen molar-refractivity contribution < 1.29 is 0 Å². The van der Waals surface area contributed by atoms with E-state index < -0.39 is 0 Å². The molecule has 0 amide bonds. The third kappa shape index (κ3) is 2.49. The number of para-hydroxylation sites is 1. The Hall–Kier alpha value is -2.34. The Morgan fingerprint density at radius 3 is 2.89 bits per heavy atom. The van der Waals surface area contributed by atoms with Gasteiger partial charge in [-0.3, -0.25) is 0 Å². The highest BCUT2D eigenvalue weighted by atomic mass is 15.0. The van der Waals surface area contributed by atoms with Crippen molar-refractivity contribution >= 4 is 11.5 Å². The Kier molecular flexibility index (Phi) is 3.59. The van der Waals surface area contributed by atoms with Crippen LogP contribution in [-0.4, -0.2) is 4.98 Å². The van der Waals surface area contributed by atoms with Crippen LogP contribution in [0.4, 0.5) is 11.5 Å². The van der Waals surface area contributed by atoms with Crippen molar-refractivity contribution in [1.82, 2.24) is 4.98 Å². The van der Waals surface area contributed by atoms with Gasteiger partial charge in [0, 0.05) is 11.9 Å². The summed E-state index contributed by atoms with van der Waals surface area (Å²) in [6, 6.07) is 11.8. The predicted molar refractivity (Wildman–Crippen MR) is 72.8 cm³/mol. The van der Waals surface area contributed by atoms with Crippen LogP contribution in [-0.2, 0) is 6.42 Å². The summed E-state index contributed by atoms with van der Waals surface area (Å²) in [6.07, 6.45) is 2.60. The largest absolute Gasteiger partial charge is 0.340 e. The second-order valence-corrected chi connectivity index (χ2v) is 4.13. The van der Waals surface area contributed by atoms with E-state index in [0.29, 0.717) is 11.4 Å². The van der Waals surface area contributed by atoms with Gasteiger partial charge in [-0.2, -0.15) is 5.26 Å². The number of benzene rings is 1. The Labute approximate surface area is 107 Å². The minimum absolute atomic E-state index is 0.610. The lowest BCUT2D eigenvalue weighted by molar-refractivity contribution is 1.13. The minimum Gasteiger partial charge on any atom is -0.340 e. The van der Waals surface area contributed by atoms with Crippen molar-refractivity contribution in [3.8, 4) is 6.07 Å². The van der Waals surface area contributed by atoms with E-state index in [2.05, 4.69) is 48.4 Å². The molecule has 2 rings (SSSR count). The summed E-state index contributed by atoms with van der Waals surface area (Å²) in [7, 11) is 0. The van der Waals surface area contributed by atoms with Gasteiger partial charge >= 0.3 is 0 Å². The van der Waals surface area contributed by atoms with Crippen LogP contribution < -0.4 is 5.32 Å². The predicted octanol–water partition coefficient (Wildman–Crippen LogP) is 3.57. The average molecular weight is 237 g/mol. The first-order valence-corrected chi connectivity index (χ1v) is 5.96. The summed E-state index contributed by atoms with van der Waals surface area (Å²) in [5.74, 6) is 0.707. The van der Waals surface area contributed by atoms with Gasteiger partial charge in [-0.1, -0.05) is 25.1 Å². The highest BCUT2D eigenvalue weighted by Crippen LogP contribution is 2.24. The van der Waals surface area contributed by atoms with Crippen LogP contribution in [0.1, 0.15) is 23.6 Å². The summed E-state index contributed by atoms with van der Waals surface area (Å²) in [5, 5.41) is 12.2. The molecule has 1 aromatic heterocycles. The number of anilines is 2. The van der Waals surface area contributed by atoms with Gasteiger partial charge in [0.1, 0.15) is 5.82 Å². The molecule has 1 N–H and O–H groups in total. The number of pyridine rings is 1. The molecule has 0 bridgehead atoms. The van der Waals surface area contributed by atoms with Crippen LogP contribution >= 0.6 is 0 Å². The molecule has 0 radical (unpaired) electrons. The molecule has 18 heavy (non-hydrogen) atoms. The molecule has 0 aliphatic carbocycles. The maximum atomic E-state index is 8.88. The van der Waals surface area contributed by atoms with E-state index in [1.165, 1.54) is 11.1 Å². The Bertz CT molecular complexity index is 597. The van der Waals surface area contributed by atoms with Crippen LogP contribution in [0.15, 0.2) is 36.5 Å². The maximum absolute atomic E-state index is 8.88. The number of rotatable bonds is 3. The van der Waals surface area contributed by atoms with E-state index in [-0.39, 0.29) is 0 Å². The summed E-state index contributed by atoms with van der Waals surface area (Å²) in [4.78, 5) is 4.24. The fourth-order valence-corrected chi connectivity index (χ4v) is 1.90. The second-order valence-electron chi connectivity index (χ2n) is 4.13. The van der Waals surface area contributed by atoms with E-state index in [1.54, 1.807) is 18.3 Å². The van der Waals surface area contributed by atoms with Crippen molar-refractivity contribution in [2.24, 2.45) is 0 Å². The Morgan fingerprint density at radius 2 is 2.17 bits per heavy atom. The highest BCUT2D eigenvalue weighted by molar-refractivity contribution is 5.65. The van der Waals surface area contributed by atoms with Gasteiger partial charge in [-0.15, -0.1) is 0 Å². The Balaban J connectivity index is 2.37. The van der Waals surface area contributed by atoms with Crippen molar-refractivity contribution in [2.75, 3.05) is 5.32 Å². The molecular formula is C15H15N3. The molecule has 0 atom stereocenters. The van der Waals surface area contributed by atoms with E-state index in [1.807, 2.05) is 0 Å². The van der Waals surface area contributed by atoms with Crippen molar-refractivity contribution in [2.45, 2.75) is 20.3 Å². The summed E-state index contributed by atoms with van der Waals surface area (Å²) in [5.41, 5.74) is 4.12. The second kappa shape index (κ2) is 5.33. The van der Waals surface area contributed by atoms with Gasteiger partial charge in [0.2, 0.25) is 0 Å². The molecule has 1 aromatic carbocycles. The third-order valence-electron chi connectivity index (χ3n) is 2.88. The van der Waals surface area contributed by atoms with Crippen molar-refractivity contribution in [1.29, 1.82) is 5.26 Å². The molecule has 0 aliphatic rings. The number of hydrogen-bond acceptors (Lipinski definition) is 3. The zero-order chi connectivity index (χ0) is 13.0. The average Bonchev–Trinajstić information content (AvgIpc) is 2.41. The summed E-state index contributed by atoms with van der Waals surface area (Å²) >= 11 is 0. The van der Waals surface area contributed by atoms with E-state index >= 15 is 0 Å². The SMILES string of the molecule is CCc1cccc(C)c1Nc1cc(C#N)ccn1. The van der Waals surface area contributed by atoms with Gasteiger partial charge in [0.15, 0.2) is 0 Å². The fraction of sp³-hybridized carbons (Fsp3) is 0.200. The third-order valence-corrected chi connectivity index (χ3v) is 2.88. The zero-order valence-corrected chi connectivity index (χ0v) is 10.6. The van der Waals surface area contributed by atoms with Gasteiger partial charge < -0.3 is 5.32 Å². The molecule has 0 aliphatic heterocycles. The lowest BCUT2D eigenvalue weighted by Gasteiger charge is -2.13. The van der Waals surface area contributed by atoms with E-state index in [4.69, 9.17) is 5.26 Å². The Morgan fingerprint density at radius 1 is 1.33 bits per heavy atom. The number of nitrogens with one attached hydrogen (secondary N) is 1. The maximum Gasteiger partial charge on any atom is 0.131 e. The first-order chi connectivity index (χ1) is 8.74. The number of aryl methyl sites for hydroxylation is 2. The van der Waals surface area contributed by atoms with Gasteiger partial charge in [0.25, 0.3) is 0 Å². The molecule has 0 unspecified atom stereocenters. The van der Waals surface area contributed by atoms with E-state index in [0.717, 1.165) is 12.1 Å². The first kappa shape index (κ1) is 12.1. The minimum atomic E-state index is 0.610. The smallest absolute Gasteiger partial charge is 0.131 e. The van der Waals surface area contributed by atoms with Gasteiger partial charge in [-0.25, -0.2) is 4.98 Å². The summed E-state index contributed by atoms with van der Waals surface area (Å²) in [6.45, 7) is 4.19. The molecule has 2 aromatic rings. The van der Waals surface area contributed by atoms with Gasteiger partial charge in [-0.05, 0) is 36.6 Å². The lowest BCUT2D eigenvalue weighted by Crippen LogP contribution is -1.99. The molecule has 1 heterocycles.